The molecule has 0 saturated carbocycles. The van der Waals surface area contributed by atoms with Gasteiger partial charge in [0.05, 0.1) is 0 Å². The molecule has 130 valence electrons. The minimum absolute atomic E-state index is 0.0808. The summed E-state index contributed by atoms with van der Waals surface area (Å²) < 4.78 is 0. The van der Waals surface area contributed by atoms with Crippen LogP contribution in [0.1, 0.15) is 24.1 Å². The molecule has 0 radical (unpaired) electrons. The zero-order valence-corrected chi connectivity index (χ0v) is 16.5. The molecule has 1 N–H and O–H groups in total. The van der Waals surface area contributed by atoms with Gasteiger partial charge in [-0.05, 0) is 36.1 Å². The quantitative estimate of drug-likeness (QED) is 0.494. The molecule has 0 fully saturated rings. The van der Waals surface area contributed by atoms with Crippen LogP contribution < -0.4 is 5.32 Å². The Balaban J connectivity index is 1.42. The third-order valence-corrected chi connectivity index (χ3v) is 6.51. The van der Waals surface area contributed by atoms with Gasteiger partial charge in [-0.15, -0.1) is 22.7 Å². The predicted octanol–water partition coefficient (Wildman–Crippen LogP) is 5.83. The molecule has 2 aromatic heterocycles. The lowest BCUT2D eigenvalue weighted by atomic mass is 10.2. The number of thioether (sulfide) groups is 1. The molecule has 0 bridgehead atoms. The molecule has 0 aliphatic rings. The Bertz CT molecular complexity index is 811. The number of benzene rings is 1. The predicted molar refractivity (Wildman–Crippen MR) is 111 cm³/mol. The second-order valence-corrected chi connectivity index (χ2v) is 8.53. The van der Waals surface area contributed by atoms with Gasteiger partial charge >= 0.3 is 0 Å². The summed E-state index contributed by atoms with van der Waals surface area (Å²) in [6.07, 6.45) is 1.44. The SMILES string of the molecule is Cc1csc(-c2ccsc2NC(=O)CCCSCc2ccccc2)n1. The smallest absolute Gasteiger partial charge is 0.225 e. The van der Waals surface area contributed by atoms with E-state index in [1.54, 1.807) is 22.7 Å². The second kappa shape index (κ2) is 9.17. The minimum atomic E-state index is 0.0808. The average molecular weight is 389 g/mol. The van der Waals surface area contributed by atoms with Crippen LogP contribution in [0.4, 0.5) is 5.00 Å². The Kier molecular flexibility index (Phi) is 6.67. The van der Waals surface area contributed by atoms with Gasteiger partial charge in [0.1, 0.15) is 10.0 Å². The molecule has 0 aliphatic carbocycles. The summed E-state index contributed by atoms with van der Waals surface area (Å²) in [5, 5.41) is 8.94. The van der Waals surface area contributed by atoms with E-state index < -0.39 is 0 Å². The number of aromatic nitrogens is 1. The van der Waals surface area contributed by atoms with E-state index in [-0.39, 0.29) is 5.91 Å². The molecule has 6 heteroatoms. The Morgan fingerprint density at radius 2 is 2.04 bits per heavy atom. The monoisotopic (exact) mass is 388 g/mol. The molecule has 0 spiro atoms. The third-order valence-electron chi connectivity index (χ3n) is 3.57. The van der Waals surface area contributed by atoms with E-state index in [1.807, 2.05) is 41.6 Å². The van der Waals surface area contributed by atoms with Crippen molar-refractivity contribution in [2.75, 3.05) is 11.1 Å². The number of nitrogens with zero attached hydrogens (tertiary/aromatic N) is 1. The fourth-order valence-corrected chi connectivity index (χ4v) is 4.96. The molecule has 3 rings (SSSR count). The molecule has 1 aromatic carbocycles. The highest BCUT2D eigenvalue weighted by Crippen LogP contribution is 2.35. The highest BCUT2D eigenvalue weighted by molar-refractivity contribution is 7.98. The van der Waals surface area contributed by atoms with Crippen LogP contribution in [-0.2, 0) is 10.5 Å². The van der Waals surface area contributed by atoms with Crippen LogP contribution in [-0.4, -0.2) is 16.6 Å². The largest absolute Gasteiger partial charge is 0.317 e. The maximum atomic E-state index is 12.2. The maximum Gasteiger partial charge on any atom is 0.225 e. The molecule has 0 aliphatic heterocycles. The number of hydrogen-bond donors (Lipinski definition) is 1. The number of anilines is 1. The standard InChI is InChI=1S/C19H20N2OS3/c1-14-12-25-18(20-14)16-9-11-24-19(16)21-17(22)8-5-10-23-13-15-6-3-2-4-7-15/h2-4,6-7,9,11-12H,5,8,10,13H2,1H3,(H,21,22). The van der Waals surface area contributed by atoms with Crippen LogP contribution in [0.3, 0.4) is 0 Å². The van der Waals surface area contributed by atoms with Crippen LogP contribution >= 0.6 is 34.4 Å². The zero-order chi connectivity index (χ0) is 17.5. The summed E-state index contributed by atoms with van der Waals surface area (Å²) in [4.78, 5) is 16.7. The maximum absolute atomic E-state index is 12.2. The van der Waals surface area contributed by atoms with Crippen LogP contribution in [0, 0.1) is 6.92 Å². The summed E-state index contributed by atoms with van der Waals surface area (Å²) in [5.41, 5.74) is 3.37. The number of carbonyl (C=O) groups is 1. The van der Waals surface area contributed by atoms with Crippen LogP contribution in [0.5, 0.6) is 0 Å². The van der Waals surface area contributed by atoms with Crippen LogP contribution in [0.15, 0.2) is 47.2 Å². The van der Waals surface area contributed by atoms with Gasteiger partial charge in [-0.25, -0.2) is 4.98 Å². The lowest BCUT2D eigenvalue weighted by molar-refractivity contribution is -0.116. The average Bonchev–Trinajstić information content (AvgIpc) is 3.24. The number of thiophene rings is 1. The summed E-state index contributed by atoms with van der Waals surface area (Å²) in [6, 6.07) is 12.5. The van der Waals surface area contributed by atoms with Gasteiger partial charge in [-0.1, -0.05) is 30.3 Å². The molecular formula is C19H20N2OS3. The molecular weight excluding hydrogens is 368 g/mol. The fraction of sp³-hybridized carbons (Fsp3) is 0.263. The number of amides is 1. The number of thiazole rings is 1. The highest BCUT2D eigenvalue weighted by Gasteiger charge is 2.12. The number of rotatable bonds is 8. The normalized spacial score (nSPS) is 10.8. The number of hydrogen-bond acceptors (Lipinski definition) is 5. The van der Waals surface area contributed by atoms with E-state index in [1.165, 1.54) is 5.56 Å². The first-order chi connectivity index (χ1) is 12.2. The first-order valence-electron chi connectivity index (χ1n) is 8.14. The van der Waals surface area contributed by atoms with E-state index >= 15 is 0 Å². The number of nitrogens with one attached hydrogen (secondary N) is 1. The van der Waals surface area contributed by atoms with E-state index in [0.29, 0.717) is 6.42 Å². The van der Waals surface area contributed by atoms with E-state index in [9.17, 15) is 4.79 Å². The second-order valence-electron chi connectivity index (χ2n) is 5.65. The first kappa shape index (κ1) is 18.2. The van der Waals surface area contributed by atoms with Crippen molar-refractivity contribution in [3.8, 4) is 10.6 Å². The molecule has 0 atom stereocenters. The topological polar surface area (TPSA) is 42.0 Å². The van der Waals surface area contributed by atoms with Gasteiger partial charge in [0, 0.05) is 28.8 Å². The third kappa shape index (κ3) is 5.42. The number of aryl methyl sites for hydroxylation is 1. The highest BCUT2D eigenvalue weighted by atomic mass is 32.2. The summed E-state index contributed by atoms with van der Waals surface area (Å²) >= 11 is 5.04. The minimum Gasteiger partial charge on any atom is -0.317 e. The van der Waals surface area contributed by atoms with E-state index in [2.05, 4.69) is 34.6 Å². The van der Waals surface area contributed by atoms with Gasteiger partial charge in [0.2, 0.25) is 5.91 Å². The first-order valence-corrected chi connectivity index (χ1v) is 11.1. The van der Waals surface area contributed by atoms with Gasteiger partial charge in [0.15, 0.2) is 0 Å². The lowest BCUT2D eigenvalue weighted by Gasteiger charge is -2.05. The lowest BCUT2D eigenvalue weighted by Crippen LogP contribution is -2.11. The molecule has 1 amide bonds. The summed E-state index contributed by atoms with van der Waals surface area (Å²) in [6.45, 7) is 1.98. The van der Waals surface area contributed by atoms with Crippen LogP contribution in [0.25, 0.3) is 10.6 Å². The van der Waals surface area contributed by atoms with Crippen molar-refractivity contribution in [3.05, 3.63) is 58.4 Å². The summed E-state index contributed by atoms with van der Waals surface area (Å²) in [5.74, 6) is 2.07. The molecule has 0 saturated heterocycles. The van der Waals surface area contributed by atoms with Crippen LogP contribution in [0.2, 0.25) is 0 Å². The van der Waals surface area contributed by atoms with Crippen molar-refractivity contribution < 1.29 is 4.79 Å². The Morgan fingerprint density at radius 3 is 2.80 bits per heavy atom. The van der Waals surface area contributed by atoms with Crippen molar-refractivity contribution in [1.29, 1.82) is 0 Å². The van der Waals surface area contributed by atoms with Gasteiger partial charge < -0.3 is 5.32 Å². The zero-order valence-electron chi connectivity index (χ0n) is 14.0. The molecule has 3 nitrogen and oxygen atoms in total. The fourth-order valence-electron chi connectivity index (χ4n) is 2.34. The van der Waals surface area contributed by atoms with Gasteiger partial charge in [-0.3, -0.25) is 4.79 Å². The van der Waals surface area contributed by atoms with E-state index in [4.69, 9.17) is 0 Å². The van der Waals surface area contributed by atoms with Crippen molar-refractivity contribution in [2.45, 2.75) is 25.5 Å². The Labute approximate surface area is 160 Å². The molecule has 0 unspecified atom stereocenters. The summed E-state index contributed by atoms with van der Waals surface area (Å²) in [7, 11) is 0. The van der Waals surface area contributed by atoms with Gasteiger partial charge in [0.25, 0.3) is 0 Å². The molecule has 25 heavy (non-hydrogen) atoms. The van der Waals surface area contributed by atoms with Crippen molar-refractivity contribution in [3.63, 3.8) is 0 Å². The molecule has 3 aromatic rings. The number of carbonyl (C=O) groups excluding carboxylic acids is 1. The Morgan fingerprint density at radius 1 is 1.20 bits per heavy atom. The Hall–Kier alpha value is -1.63. The van der Waals surface area contributed by atoms with E-state index in [0.717, 1.165) is 39.2 Å². The van der Waals surface area contributed by atoms with Crippen molar-refractivity contribution >= 4 is 45.3 Å². The molecule has 2 heterocycles. The van der Waals surface area contributed by atoms with Gasteiger partial charge in [-0.2, -0.15) is 11.8 Å². The van der Waals surface area contributed by atoms with Crippen molar-refractivity contribution in [2.24, 2.45) is 0 Å². The van der Waals surface area contributed by atoms with Crippen molar-refractivity contribution in [1.82, 2.24) is 4.98 Å².